The van der Waals surface area contributed by atoms with Crippen LogP contribution in [0.5, 0.6) is 5.75 Å². The number of sulfonamides is 1. The van der Waals surface area contributed by atoms with E-state index in [0.29, 0.717) is 23.4 Å². The summed E-state index contributed by atoms with van der Waals surface area (Å²) < 4.78 is 29.0. The van der Waals surface area contributed by atoms with Gasteiger partial charge in [0.25, 0.3) is 0 Å². The van der Waals surface area contributed by atoms with Gasteiger partial charge in [-0.2, -0.15) is 0 Å². The van der Waals surface area contributed by atoms with Crippen molar-refractivity contribution < 1.29 is 17.9 Å². The Balaban J connectivity index is 2.48. The van der Waals surface area contributed by atoms with Crippen LogP contribution < -0.4 is 20.5 Å². The third kappa shape index (κ3) is 4.24. The first kappa shape index (κ1) is 17.8. The molecule has 7 nitrogen and oxygen atoms in total. The van der Waals surface area contributed by atoms with Gasteiger partial charge in [-0.15, -0.1) is 0 Å². The van der Waals surface area contributed by atoms with Gasteiger partial charge < -0.3 is 15.4 Å². The number of amides is 2. The van der Waals surface area contributed by atoms with Crippen LogP contribution in [-0.4, -0.2) is 28.6 Å². The standard InChI is InChI=1S/C16H19N3O4S/c1-18-16(20)19-13-7-8-15(24(17,21)22)12(10-13)9-11-5-3-4-6-14(11)23-2/h3-8,10H,9H2,1-2H3,(H2,17,21,22)(H2,18,19,20). The van der Waals surface area contributed by atoms with Gasteiger partial charge in [0.05, 0.1) is 12.0 Å². The molecule has 0 aliphatic rings. The number of primary sulfonamides is 1. The fourth-order valence-corrected chi connectivity index (χ4v) is 3.07. The number of rotatable bonds is 5. The molecule has 0 atom stereocenters. The number of ether oxygens (including phenoxy) is 1. The molecule has 0 radical (unpaired) electrons. The van der Waals surface area contributed by atoms with Gasteiger partial charge in [-0.25, -0.2) is 18.4 Å². The highest BCUT2D eigenvalue weighted by Gasteiger charge is 2.16. The van der Waals surface area contributed by atoms with Crippen molar-refractivity contribution in [3.63, 3.8) is 0 Å². The number of anilines is 1. The minimum Gasteiger partial charge on any atom is -0.496 e. The van der Waals surface area contributed by atoms with Gasteiger partial charge in [-0.05, 0) is 35.4 Å². The van der Waals surface area contributed by atoms with Crippen LogP contribution in [0.2, 0.25) is 0 Å². The van der Waals surface area contributed by atoms with Crippen LogP contribution in [0.3, 0.4) is 0 Å². The molecular formula is C16H19N3O4S. The molecule has 4 N–H and O–H groups in total. The summed E-state index contributed by atoms with van der Waals surface area (Å²) in [4.78, 5) is 11.5. The van der Waals surface area contributed by atoms with Crippen LogP contribution in [0.15, 0.2) is 47.4 Å². The van der Waals surface area contributed by atoms with E-state index in [1.165, 1.54) is 19.2 Å². The number of nitrogens with two attached hydrogens (primary N) is 1. The topological polar surface area (TPSA) is 111 Å². The van der Waals surface area contributed by atoms with Crippen molar-refractivity contribution in [1.82, 2.24) is 5.32 Å². The zero-order valence-corrected chi connectivity index (χ0v) is 14.2. The van der Waals surface area contributed by atoms with Crippen LogP contribution in [-0.2, 0) is 16.4 Å². The van der Waals surface area contributed by atoms with Crippen LogP contribution in [0.4, 0.5) is 10.5 Å². The summed E-state index contributed by atoms with van der Waals surface area (Å²) in [6.07, 6.45) is 0.291. The zero-order valence-electron chi connectivity index (χ0n) is 13.4. The van der Waals surface area contributed by atoms with E-state index < -0.39 is 16.1 Å². The summed E-state index contributed by atoms with van der Waals surface area (Å²) in [7, 11) is -0.859. The van der Waals surface area contributed by atoms with Gasteiger partial charge >= 0.3 is 6.03 Å². The monoisotopic (exact) mass is 349 g/mol. The van der Waals surface area contributed by atoms with Crippen molar-refractivity contribution in [1.29, 1.82) is 0 Å². The second kappa shape index (κ2) is 7.33. The molecule has 0 saturated heterocycles. The average molecular weight is 349 g/mol. The predicted octanol–water partition coefficient (Wildman–Crippen LogP) is 1.68. The Morgan fingerprint density at radius 1 is 1.17 bits per heavy atom. The Morgan fingerprint density at radius 3 is 2.50 bits per heavy atom. The third-order valence-corrected chi connectivity index (χ3v) is 4.44. The Hall–Kier alpha value is -2.58. The first-order valence-corrected chi connectivity index (χ1v) is 8.66. The van der Waals surface area contributed by atoms with Crippen molar-refractivity contribution in [2.24, 2.45) is 5.14 Å². The predicted molar refractivity (Wildman–Crippen MR) is 91.7 cm³/mol. The van der Waals surface area contributed by atoms with Crippen molar-refractivity contribution in [3.05, 3.63) is 53.6 Å². The number of nitrogens with one attached hydrogen (secondary N) is 2. The van der Waals surface area contributed by atoms with Gasteiger partial charge in [0.15, 0.2) is 0 Å². The SMILES string of the molecule is CNC(=O)Nc1ccc(S(N)(=O)=O)c(Cc2ccccc2OC)c1. The van der Waals surface area contributed by atoms with Gasteiger partial charge in [0.2, 0.25) is 10.0 Å². The summed E-state index contributed by atoms with van der Waals surface area (Å²) in [6.45, 7) is 0. The molecule has 0 spiro atoms. The molecule has 0 unspecified atom stereocenters. The summed E-state index contributed by atoms with van der Waals surface area (Å²) in [5.41, 5.74) is 1.74. The van der Waals surface area contributed by atoms with E-state index in [2.05, 4.69) is 10.6 Å². The molecule has 0 heterocycles. The van der Waals surface area contributed by atoms with Gasteiger partial charge in [0.1, 0.15) is 5.75 Å². The molecule has 2 rings (SSSR count). The maximum absolute atomic E-state index is 11.8. The molecule has 0 aromatic heterocycles. The number of carbonyl (C=O) groups is 1. The highest BCUT2D eigenvalue weighted by atomic mass is 32.2. The van der Waals surface area contributed by atoms with Crippen molar-refractivity contribution in [3.8, 4) is 5.75 Å². The van der Waals surface area contributed by atoms with Crippen LogP contribution in [0.25, 0.3) is 0 Å². The Bertz CT molecular complexity index is 850. The van der Waals surface area contributed by atoms with E-state index in [-0.39, 0.29) is 4.90 Å². The normalized spacial score (nSPS) is 11.0. The van der Waals surface area contributed by atoms with Crippen molar-refractivity contribution >= 4 is 21.7 Å². The quantitative estimate of drug-likeness (QED) is 0.763. The molecule has 2 aromatic carbocycles. The first-order valence-electron chi connectivity index (χ1n) is 7.11. The van der Waals surface area contributed by atoms with Crippen molar-refractivity contribution in [2.45, 2.75) is 11.3 Å². The number of urea groups is 1. The highest BCUT2D eigenvalue weighted by Crippen LogP contribution is 2.26. The number of hydrogen-bond acceptors (Lipinski definition) is 4. The Morgan fingerprint density at radius 2 is 1.88 bits per heavy atom. The number of hydrogen-bond donors (Lipinski definition) is 3. The number of benzene rings is 2. The average Bonchev–Trinajstić information content (AvgIpc) is 2.54. The fraction of sp³-hybridized carbons (Fsp3) is 0.188. The Kier molecular flexibility index (Phi) is 5.42. The van der Waals surface area contributed by atoms with Crippen LogP contribution in [0.1, 0.15) is 11.1 Å². The van der Waals surface area contributed by atoms with Gasteiger partial charge in [-0.3, -0.25) is 0 Å². The molecule has 24 heavy (non-hydrogen) atoms. The maximum Gasteiger partial charge on any atom is 0.318 e. The smallest absolute Gasteiger partial charge is 0.318 e. The molecule has 0 bridgehead atoms. The summed E-state index contributed by atoms with van der Waals surface area (Å²) in [6, 6.07) is 11.3. The van der Waals surface area contributed by atoms with Crippen LogP contribution >= 0.6 is 0 Å². The highest BCUT2D eigenvalue weighted by molar-refractivity contribution is 7.89. The Labute approximate surface area is 140 Å². The molecule has 0 aliphatic carbocycles. The molecule has 0 saturated carbocycles. The molecule has 8 heteroatoms. The molecule has 0 fully saturated rings. The van der Waals surface area contributed by atoms with E-state index in [4.69, 9.17) is 9.88 Å². The van der Waals surface area contributed by atoms with E-state index in [9.17, 15) is 13.2 Å². The van der Waals surface area contributed by atoms with E-state index in [1.807, 2.05) is 18.2 Å². The molecule has 128 valence electrons. The number of methoxy groups -OCH3 is 1. The molecule has 0 aliphatic heterocycles. The summed E-state index contributed by atoms with van der Waals surface area (Å²) >= 11 is 0. The number of para-hydroxylation sites is 1. The van der Waals surface area contributed by atoms with E-state index in [1.54, 1.807) is 19.2 Å². The molecular weight excluding hydrogens is 330 g/mol. The van der Waals surface area contributed by atoms with E-state index >= 15 is 0 Å². The van der Waals surface area contributed by atoms with Gasteiger partial charge in [0, 0.05) is 19.2 Å². The lowest BCUT2D eigenvalue weighted by molar-refractivity contribution is 0.254. The largest absolute Gasteiger partial charge is 0.496 e. The second-order valence-corrected chi connectivity index (χ2v) is 6.59. The zero-order chi connectivity index (χ0) is 17.7. The van der Waals surface area contributed by atoms with Crippen molar-refractivity contribution in [2.75, 3.05) is 19.5 Å². The summed E-state index contributed by atoms with van der Waals surface area (Å²) in [5, 5.41) is 10.3. The van der Waals surface area contributed by atoms with E-state index in [0.717, 1.165) is 5.56 Å². The third-order valence-electron chi connectivity index (χ3n) is 3.43. The lowest BCUT2D eigenvalue weighted by Crippen LogP contribution is -2.24. The maximum atomic E-state index is 11.8. The fourth-order valence-electron chi connectivity index (χ4n) is 2.32. The summed E-state index contributed by atoms with van der Waals surface area (Å²) in [5.74, 6) is 0.641. The molecule has 2 aromatic rings. The second-order valence-electron chi connectivity index (χ2n) is 5.06. The number of carbonyl (C=O) groups excluding carboxylic acids is 1. The minimum absolute atomic E-state index is 0.0101. The van der Waals surface area contributed by atoms with Gasteiger partial charge in [-0.1, -0.05) is 18.2 Å². The lowest BCUT2D eigenvalue weighted by Gasteiger charge is -2.13. The first-order chi connectivity index (χ1) is 11.3. The molecule has 2 amide bonds. The lowest BCUT2D eigenvalue weighted by atomic mass is 10.0. The minimum atomic E-state index is -3.89. The van der Waals surface area contributed by atoms with Crippen LogP contribution in [0, 0.1) is 0 Å².